The maximum absolute atomic E-state index is 1.75. The van der Waals surface area contributed by atoms with E-state index in [0.717, 1.165) is 59.6 Å². The molecule has 0 bridgehead atoms. The first kappa shape index (κ1) is 14.7. The zero-order valence-corrected chi connectivity index (χ0v) is 22.2. The maximum Gasteiger partial charge on any atom is -0.00932 e. The summed E-state index contributed by atoms with van der Waals surface area (Å²) in [4.78, 5) is 0. The van der Waals surface area contributed by atoms with Gasteiger partial charge in [0.1, 0.15) is 0 Å². The van der Waals surface area contributed by atoms with E-state index in [-0.39, 0.29) is 0 Å². The van der Waals surface area contributed by atoms with Gasteiger partial charge in [-0.3, -0.25) is 0 Å². The van der Waals surface area contributed by atoms with E-state index in [0.29, 0.717) is 0 Å². The van der Waals surface area contributed by atoms with Gasteiger partial charge in [0.05, 0.1) is 0 Å². The van der Waals surface area contributed by atoms with Gasteiger partial charge in [-0.2, -0.15) is 0 Å². The summed E-state index contributed by atoms with van der Waals surface area (Å²) in [6.45, 7) is 0. The first-order chi connectivity index (χ1) is 19.4. The largest absolute Gasteiger partial charge is 0.0461 e. The van der Waals surface area contributed by atoms with Crippen molar-refractivity contribution in [2.45, 2.75) is 25.7 Å². The topological polar surface area (TPSA) is 0 Å². The predicted molar refractivity (Wildman–Crippen MR) is 129 cm³/mol. The van der Waals surface area contributed by atoms with Crippen LogP contribution in [-0.4, -0.2) is 0 Å². The van der Waals surface area contributed by atoms with Gasteiger partial charge in [-0.1, -0.05) is 0 Å². The Morgan fingerprint density at radius 3 is 0.667 bits per heavy atom. The van der Waals surface area contributed by atoms with Crippen LogP contribution in [0.25, 0.3) is 0 Å². The predicted octanol–water partition coefficient (Wildman–Crippen LogP) is 4.51. The molecule has 0 radical (unpaired) electrons. The average Bonchev–Trinajstić information content (AvgIpc) is 2.79. The van der Waals surface area contributed by atoms with Gasteiger partial charge in [0.2, 0.25) is 0 Å². The van der Waals surface area contributed by atoms with Crippen LogP contribution in [0.15, 0.2) is 0 Å². The van der Waals surface area contributed by atoms with Gasteiger partial charge >= 0.3 is 0 Å². The lowest BCUT2D eigenvalue weighted by Gasteiger charge is -3.38. The van der Waals surface area contributed by atoms with Gasteiger partial charge in [0, 0.05) is 0 Å². The number of hydrogen-bond donors (Lipinski definition) is 0. The van der Waals surface area contributed by atoms with Crippen molar-refractivity contribution in [1.29, 1.82) is 0 Å². The van der Waals surface area contributed by atoms with E-state index in [1.807, 2.05) is 0 Å². The number of fused-ring (bicyclic) bond motifs is 20. The summed E-state index contributed by atoms with van der Waals surface area (Å²) in [6.07, 6.45) is 7.01. The molecule has 0 N–H and O–H groups in total. The third-order valence-corrected chi connectivity index (χ3v) is 30.3. The molecule has 24 saturated carbocycles. The summed E-state index contributed by atoms with van der Waals surface area (Å²) < 4.78 is 0. The van der Waals surface area contributed by atoms with E-state index in [1.54, 1.807) is 25.7 Å². The quantitative estimate of drug-likeness (QED) is 0.459. The third kappa shape index (κ3) is 0.452. The van der Waals surface area contributed by atoms with Crippen LogP contribution in [0.3, 0.4) is 0 Å². The molecule has 39 heavy (non-hydrogen) atoms. The smallest absolute Gasteiger partial charge is 0.00932 e. The van der Waals surface area contributed by atoms with Crippen LogP contribution < -0.4 is 0 Å². The van der Waals surface area contributed by atoms with Crippen LogP contribution in [0.4, 0.5) is 0 Å². The normalized spacial score (nSPS) is 123. The zero-order chi connectivity index (χ0) is 22.2. The Morgan fingerprint density at radius 2 is 0.436 bits per heavy atom. The molecule has 0 saturated heterocycles. The van der Waals surface area contributed by atoms with Crippen molar-refractivity contribution in [3.63, 3.8) is 0 Å². The Morgan fingerprint density at radius 1 is 0.231 bits per heavy atom. The second kappa shape index (κ2) is 2.58. The molecule has 0 heteroatoms. The summed E-state index contributed by atoms with van der Waals surface area (Å²) in [5, 5.41) is 0. The number of hydrogen-bond acceptors (Lipinski definition) is 0. The fourth-order valence-corrected chi connectivity index (χ4v) is 35.4. The molecule has 0 aromatic rings. The van der Waals surface area contributed by atoms with Crippen LogP contribution in [0.5, 0.6) is 0 Å². The van der Waals surface area contributed by atoms with Gasteiger partial charge in [-0.05, 0) is 227 Å². The molecule has 24 aliphatic carbocycles. The molecule has 0 aromatic heterocycles. The van der Waals surface area contributed by atoms with E-state index in [9.17, 15) is 0 Å². The molecular formula is C39H32. The molecule has 188 valence electrons. The van der Waals surface area contributed by atoms with Crippen LogP contribution in [0.1, 0.15) is 25.7 Å². The number of rotatable bonds is 0. The molecule has 20 unspecified atom stereocenters. The Balaban J connectivity index is 0.797. The molecule has 0 aliphatic heterocycles. The highest BCUT2D eigenvalue weighted by atomic mass is 15.4. The van der Waals surface area contributed by atoms with E-state index >= 15 is 0 Å². The lowest BCUT2D eigenvalue weighted by atomic mass is 8.65. The minimum atomic E-state index is 1.08. The molecule has 11 spiro atoms. The van der Waals surface area contributed by atoms with Gasteiger partial charge in [-0.15, -0.1) is 0 Å². The highest BCUT2D eigenvalue weighted by Crippen LogP contribution is 3.39. The standard InChI is InChI=1S/C39H32/c1-5-2-8-12-16-20-24-28-26-22-18-14-10-4-6-3-9-13-17-21-25-27-23-19-15-11-7(1)29(5,8)31(11,12)33(15,16)35(19,20)37(23,24)39(27,28)38(25,26)36(21,22)34(17,18)32(13,14)30(6,9)10/h5-28H,1-4H2. The first-order valence-electron chi connectivity index (χ1n) is 19.4. The van der Waals surface area contributed by atoms with E-state index in [4.69, 9.17) is 0 Å². The zero-order valence-electron chi connectivity index (χ0n) is 22.2. The molecule has 24 rings (SSSR count). The Bertz CT molecular complexity index is 1770. The van der Waals surface area contributed by atoms with E-state index < -0.39 is 0 Å². The van der Waals surface area contributed by atoms with E-state index in [2.05, 4.69) is 0 Å². The minimum Gasteiger partial charge on any atom is -0.0461 e. The van der Waals surface area contributed by atoms with Crippen molar-refractivity contribution in [1.82, 2.24) is 0 Å². The summed E-state index contributed by atoms with van der Waals surface area (Å²) in [7, 11) is 0. The van der Waals surface area contributed by atoms with Crippen molar-refractivity contribution in [3.05, 3.63) is 0 Å². The Hall–Kier alpha value is 0. The van der Waals surface area contributed by atoms with E-state index in [1.165, 1.54) is 142 Å². The molecule has 0 aromatic carbocycles. The van der Waals surface area contributed by atoms with Gasteiger partial charge in [-0.25, -0.2) is 0 Å². The molecule has 20 atom stereocenters. The van der Waals surface area contributed by atoms with Gasteiger partial charge in [0.15, 0.2) is 0 Å². The van der Waals surface area contributed by atoms with Crippen LogP contribution in [0, 0.1) is 202 Å². The van der Waals surface area contributed by atoms with Crippen molar-refractivity contribution in [2.75, 3.05) is 0 Å². The lowest BCUT2D eigenvalue weighted by Crippen LogP contribution is -3.36. The minimum absolute atomic E-state index is 1.08. The summed E-state index contributed by atoms with van der Waals surface area (Å²) in [5.74, 6) is 32.7. The second-order valence-corrected chi connectivity index (χ2v) is 23.9. The van der Waals surface area contributed by atoms with Crippen LogP contribution in [0.2, 0.25) is 0 Å². The van der Waals surface area contributed by atoms with Crippen molar-refractivity contribution < 1.29 is 0 Å². The third-order valence-electron chi connectivity index (χ3n) is 30.3. The SMILES string of the molecule is C1C2CC3C4C5C6C7C8C9C%10C%11C%12C%13CC%14CC%15C%16C%17C%18C%19C%20C%21C%22C%23C%24C1C23C%244C%235C%226C%217C%208C%199C%18%10C%17%11C%16%12C%14%15%13. The molecular weight excluding hydrogens is 468 g/mol. The molecule has 24 aliphatic rings. The summed E-state index contributed by atoms with van der Waals surface area (Å²) >= 11 is 0. The lowest BCUT2D eigenvalue weighted by molar-refractivity contribution is -0.928. The van der Waals surface area contributed by atoms with Gasteiger partial charge in [0.25, 0.3) is 0 Å². The van der Waals surface area contributed by atoms with Crippen molar-refractivity contribution in [3.8, 4) is 0 Å². The molecule has 0 nitrogen and oxygen atoms in total. The monoisotopic (exact) mass is 500 g/mol. The molecule has 0 heterocycles. The van der Waals surface area contributed by atoms with Crippen molar-refractivity contribution in [2.24, 2.45) is 202 Å². The fraction of sp³-hybridized carbons (Fsp3) is 1.00. The first-order valence-corrected chi connectivity index (χ1v) is 19.4. The molecule has 0 amide bonds. The Labute approximate surface area is 226 Å². The van der Waals surface area contributed by atoms with Gasteiger partial charge < -0.3 is 0 Å². The maximum atomic E-state index is 1.75. The highest BCUT2D eigenvalue weighted by molar-refractivity contribution is 5.83. The molecule has 24 fully saturated rings. The summed E-state index contributed by atoms with van der Waals surface area (Å²) in [6, 6.07) is 0. The Kier molecular flexibility index (Phi) is 0.969. The summed E-state index contributed by atoms with van der Waals surface area (Å²) in [5.41, 5.74) is 12.0. The average molecular weight is 501 g/mol. The van der Waals surface area contributed by atoms with Crippen LogP contribution >= 0.6 is 0 Å². The van der Waals surface area contributed by atoms with Crippen molar-refractivity contribution >= 4 is 0 Å². The second-order valence-electron chi connectivity index (χ2n) is 23.9. The fourth-order valence-electron chi connectivity index (χ4n) is 35.4. The van der Waals surface area contributed by atoms with Crippen LogP contribution in [-0.2, 0) is 0 Å². The highest BCUT2D eigenvalue weighted by Gasteiger charge is 3.37.